The molecule has 0 aromatic heterocycles. The third kappa shape index (κ3) is 12.4. The van der Waals surface area contributed by atoms with Crippen molar-refractivity contribution in [3.8, 4) is 0 Å². The van der Waals surface area contributed by atoms with Crippen LogP contribution in [0.25, 0.3) is 0 Å². The van der Waals surface area contributed by atoms with Gasteiger partial charge in [-0.25, -0.2) is 16.8 Å². The molecule has 0 radical (unpaired) electrons. The molecule has 0 aliphatic carbocycles. The van der Waals surface area contributed by atoms with E-state index in [1.54, 1.807) is 0 Å². The van der Waals surface area contributed by atoms with Crippen molar-refractivity contribution in [2.24, 2.45) is 5.73 Å². The van der Waals surface area contributed by atoms with Gasteiger partial charge in [-0.3, -0.25) is 9.59 Å². The molecule has 4 aromatic rings. The molecule has 5 N–H and O–H groups in total. The highest BCUT2D eigenvalue weighted by Gasteiger charge is 2.43. The largest absolute Gasteiger partial charge is 0.480 e. The van der Waals surface area contributed by atoms with Crippen molar-refractivity contribution < 1.29 is 31.5 Å². The van der Waals surface area contributed by atoms with Crippen LogP contribution in [0, 0.1) is 0 Å². The van der Waals surface area contributed by atoms with Gasteiger partial charge in [0.05, 0.1) is 9.79 Å². The Labute approximate surface area is 311 Å². The van der Waals surface area contributed by atoms with Crippen LogP contribution >= 0.6 is 23.2 Å². The van der Waals surface area contributed by atoms with Crippen LogP contribution in [0.2, 0.25) is 10.0 Å². The van der Waals surface area contributed by atoms with Gasteiger partial charge in [0.1, 0.15) is 4.75 Å². The summed E-state index contributed by atoms with van der Waals surface area (Å²) in [6.45, 7) is 7.35. The summed E-state index contributed by atoms with van der Waals surface area (Å²) in [6.07, 6.45) is 0.757. The molecule has 276 valence electrons. The van der Waals surface area contributed by atoms with Gasteiger partial charge in [-0.1, -0.05) is 59.6 Å². The maximum atomic E-state index is 12.8. The number of hydrogen-bond donors (Lipinski definition) is 4. The van der Waals surface area contributed by atoms with E-state index in [1.165, 1.54) is 62.4 Å². The number of benzene rings is 4. The lowest BCUT2D eigenvalue weighted by atomic mass is 10.0. The monoisotopic (exact) mass is 777 g/mol. The second-order valence-electron chi connectivity index (χ2n) is 12.1. The molecule has 14 heteroatoms. The van der Waals surface area contributed by atoms with E-state index in [4.69, 9.17) is 34.0 Å². The van der Waals surface area contributed by atoms with Gasteiger partial charge in [0.2, 0.25) is 0 Å². The predicted molar refractivity (Wildman–Crippen MR) is 206 cm³/mol. The Morgan fingerprint density at radius 2 is 1.00 bits per heavy atom. The summed E-state index contributed by atoms with van der Waals surface area (Å²) in [5.41, 5.74) is 7.42. The summed E-state index contributed by atoms with van der Waals surface area (Å²) in [7, 11) is -7.69. The lowest BCUT2D eigenvalue weighted by Gasteiger charge is -2.23. The van der Waals surface area contributed by atoms with Crippen molar-refractivity contribution in [1.29, 1.82) is 0 Å². The van der Waals surface area contributed by atoms with Gasteiger partial charge in [0.15, 0.2) is 30.2 Å². The number of sulfone groups is 2. The number of ketones is 1. The summed E-state index contributed by atoms with van der Waals surface area (Å²) in [4.78, 5) is 23.5. The molecular weight excluding hydrogens is 733 g/mol. The van der Waals surface area contributed by atoms with E-state index in [9.17, 15) is 26.4 Å². The summed E-state index contributed by atoms with van der Waals surface area (Å²) in [5, 5.41) is 16.1. The Balaban J connectivity index is 0.000000295. The molecule has 10 nitrogen and oxygen atoms in total. The van der Waals surface area contributed by atoms with Gasteiger partial charge in [0.25, 0.3) is 0 Å². The average Bonchev–Trinajstić information content (AvgIpc) is 3.10. The molecule has 0 saturated carbocycles. The first-order chi connectivity index (χ1) is 23.9. The molecule has 0 unspecified atom stereocenters. The molecule has 51 heavy (non-hydrogen) atoms. The Hall–Kier alpha value is -3.94. The van der Waals surface area contributed by atoms with E-state index >= 15 is 0 Å². The number of anilines is 2. The van der Waals surface area contributed by atoms with Gasteiger partial charge < -0.3 is 21.5 Å². The van der Waals surface area contributed by atoms with E-state index in [0.717, 1.165) is 31.8 Å². The second kappa shape index (κ2) is 19.6. The van der Waals surface area contributed by atoms with Crippen molar-refractivity contribution in [3.63, 3.8) is 0 Å². The summed E-state index contributed by atoms with van der Waals surface area (Å²) in [6, 6.07) is 31.0. The standard InChI is InChI=1S/C19H22ClNO3S.C10H11ClO4S.C8H12N2/c1-19(2,25(23,24)17-12-10-15(20)11-13-17)18(22)9-6-14-21-16-7-4-3-5-8-16;1-10(2,9(12)13)16(14,15)8-5-3-7(11)4-6-8;9-6-7-10-8-4-2-1-3-5-8/h3-5,7-8,10-13,21H,6,9,14H2,1-2H3;3-6H,1-2H3,(H,12,13);1-5,10H,6-7,9H2. The van der Waals surface area contributed by atoms with Crippen LogP contribution in [0.15, 0.2) is 119 Å². The van der Waals surface area contributed by atoms with Gasteiger partial charge in [0, 0.05) is 47.5 Å². The van der Waals surface area contributed by atoms with Crippen LogP contribution in [-0.4, -0.2) is 62.8 Å². The molecule has 0 atom stereocenters. The maximum Gasteiger partial charge on any atom is 0.324 e. The Kier molecular flexibility index (Phi) is 16.6. The minimum absolute atomic E-state index is 0.0516. The van der Waals surface area contributed by atoms with Crippen LogP contribution in [-0.2, 0) is 29.3 Å². The molecular formula is C37H45Cl2N3O7S2. The summed E-state index contributed by atoms with van der Waals surface area (Å²) in [5.74, 6) is -1.68. The number of aliphatic carboxylic acids is 1. The van der Waals surface area contributed by atoms with E-state index in [0.29, 0.717) is 29.6 Å². The minimum Gasteiger partial charge on any atom is -0.480 e. The van der Waals surface area contributed by atoms with Gasteiger partial charge >= 0.3 is 5.97 Å². The molecule has 0 heterocycles. The molecule has 0 saturated heterocycles. The summed E-state index contributed by atoms with van der Waals surface area (Å²) >= 11 is 11.4. The Morgan fingerprint density at radius 3 is 1.37 bits per heavy atom. The number of carbonyl (C=O) groups excluding carboxylic acids is 1. The number of carboxylic acids is 1. The molecule has 4 aromatic carbocycles. The van der Waals surface area contributed by atoms with Gasteiger partial charge in [-0.05, 0) is 107 Å². The average molecular weight is 779 g/mol. The van der Waals surface area contributed by atoms with Crippen molar-refractivity contribution in [1.82, 2.24) is 0 Å². The van der Waals surface area contributed by atoms with Gasteiger partial charge in [-0.2, -0.15) is 0 Å². The number of para-hydroxylation sites is 2. The van der Waals surface area contributed by atoms with Crippen LogP contribution in [0.3, 0.4) is 0 Å². The zero-order chi connectivity index (χ0) is 38.3. The number of nitrogens with one attached hydrogen (secondary N) is 2. The first-order valence-electron chi connectivity index (χ1n) is 15.9. The van der Waals surface area contributed by atoms with E-state index in [1.807, 2.05) is 60.7 Å². The molecule has 0 aliphatic rings. The number of halogens is 2. The quantitative estimate of drug-likeness (QED) is 0.0946. The fourth-order valence-corrected chi connectivity index (χ4v) is 7.24. The van der Waals surface area contributed by atoms with E-state index < -0.39 is 35.1 Å². The maximum absolute atomic E-state index is 12.8. The van der Waals surface area contributed by atoms with Crippen molar-refractivity contribution in [2.75, 3.05) is 30.3 Å². The lowest BCUT2D eigenvalue weighted by molar-refractivity contribution is -0.139. The minimum atomic E-state index is -3.91. The van der Waals surface area contributed by atoms with E-state index in [-0.39, 0.29) is 22.0 Å². The van der Waals surface area contributed by atoms with Crippen LogP contribution in [0.4, 0.5) is 11.4 Å². The zero-order valence-electron chi connectivity index (χ0n) is 29.0. The molecule has 0 spiro atoms. The highest BCUT2D eigenvalue weighted by Crippen LogP contribution is 2.29. The summed E-state index contributed by atoms with van der Waals surface area (Å²) < 4.78 is 46.2. The Bertz CT molecular complexity index is 1910. The fourth-order valence-electron chi connectivity index (χ4n) is 4.19. The molecule has 4 rings (SSSR count). The SMILES string of the molecule is CC(C)(C(=O)CCCNc1ccccc1)S(=O)(=O)c1ccc(Cl)cc1.CC(C)(C(=O)O)S(=O)(=O)c1ccc(Cl)cc1.NCCNc1ccccc1. The van der Waals surface area contributed by atoms with Crippen LogP contribution in [0.5, 0.6) is 0 Å². The molecule has 0 aliphatic heterocycles. The Morgan fingerprint density at radius 1 is 0.627 bits per heavy atom. The smallest absolute Gasteiger partial charge is 0.324 e. The van der Waals surface area contributed by atoms with Crippen molar-refractivity contribution >= 4 is 66.0 Å². The number of Topliss-reactive ketones (excluding diaryl/α,β-unsaturated/α-hetero) is 1. The van der Waals surface area contributed by atoms with Crippen LogP contribution in [0.1, 0.15) is 40.5 Å². The lowest BCUT2D eigenvalue weighted by Crippen LogP contribution is -2.40. The number of nitrogens with two attached hydrogens (primary N) is 1. The van der Waals surface area contributed by atoms with Crippen molar-refractivity contribution in [2.45, 2.75) is 59.8 Å². The number of carbonyl (C=O) groups is 2. The predicted octanol–water partition coefficient (Wildman–Crippen LogP) is 7.39. The van der Waals surface area contributed by atoms with Crippen molar-refractivity contribution in [3.05, 3.63) is 119 Å². The third-order valence-electron chi connectivity index (χ3n) is 7.71. The zero-order valence-corrected chi connectivity index (χ0v) is 32.1. The molecule has 0 amide bonds. The first kappa shape index (κ1) is 43.2. The number of hydrogen-bond acceptors (Lipinski definition) is 9. The normalized spacial score (nSPS) is 11.6. The van der Waals surface area contributed by atoms with Crippen LogP contribution < -0.4 is 16.4 Å². The number of carboxylic acid groups (broad SMARTS) is 1. The molecule has 0 fully saturated rings. The second-order valence-corrected chi connectivity index (χ2v) is 18.0. The topological polar surface area (TPSA) is 173 Å². The first-order valence-corrected chi connectivity index (χ1v) is 19.6. The number of rotatable bonds is 14. The highest BCUT2D eigenvalue weighted by molar-refractivity contribution is 7.94. The fraction of sp³-hybridized carbons (Fsp3) is 0.297. The third-order valence-corrected chi connectivity index (χ3v) is 13.1. The highest BCUT2D eigenvalue weighted by atomic mass is 35.5. The molecule has 0 bridgehead atoms. The van der Waals surface area contributed by atoms with Gasteiger partial charge in [-0.15, -0.1) is 0 Å². The van der Waals surface area contributed by atoms with E-state index in [2.05, 4.69) is 10.6 Å².